The van der Waals surface area contributed by atoms with Gasteiger partial charge in [-0.05, 0) is 49.1 Å². The number of aliphatic imine (C=N–C) groups is 1. The smallest absolute Gasteiger partial charge is 0.258 e. The third-order valence-electron chi connectivity index (χ3n) is 4.95. The molecule has 1 aliphatic carbocycles. The third kappa shape index (κ3) is 8.09. The molecule has 172 valence electrons. The molecule has 1 atom stereocenters. The summed E-state index contributed by atoms with van der Waals surface area (Å²) in [5.41, 5.74) is 0.996. The van der Waals surface area contributed by atoms with Crippen LogP contribution in [-0.2, 0) is 11.3 Å². The van der Waals surface area contributed by atoms with E-state index >= 15 is 0 Å². The van der Waals surface area contributed by atoms with E-state index in [9.17, 15) is 9.18 Å². The van der Waals surface area contributed by atoms with Crippen molar-refractivity contribution in [2.45, 2.75) is 44.9 Å². The normalized spacial score (nSPS) is 14.4. The molecule has 0 radical (unpaired) electrons. The van der Waals surface area contributed by atoms with Crippen LogP contribution in [0, 0.1) is 5.82 Å². The fourth-order valence-electron chi connectivity index (χ4n) is 3.01. The lowest BCUT2D eigenvalue weighted by Gasteiger charge is -2.20. The molecule has 0 aliphatic heterocycles. The van der Waals surface area contributed by atoms with Crippen LogP contribution in [0.2, 0.25) is 0 Å². The standard InChI is InChI=1S/C24H31FN4O3/c1-3-20(32-22-9-5-7-18(25)13-22)15-28-24(26-2)27-14-17-6-4-8-21(12-17)31-16-23(30)29-19-10-11-19/h4-9,12-13,19-20H,3,10-11,14-16H2,1-2H3,(H,29,30)(H2,26,27,28). The van der Waals surface area contributed by atoms with Gasteiger partial charge in [-0.25, -0.2) is 4.39 Å². The summed E-state index contributed by atoms with van der Waals surface area (Å²) >= 11 is 0. The number of carbonyl (C=O) groups excluding carboxylic acids is 1. The fraction of sp³-hybridized carbons (Fsp3) is 0.417. The Morgan fingerprint density at radius 3 is 2.66 bits per heavy atom. The molecule has 0 saturated heterocycles. The molecular weight excluding hydrogens is 411 g/mol. The average molecular weight is 443 g/mol. The summed E-state index contributed by atoms with van der Waals surface area (Å²) in [6.07, 6.45) is 2.73. The average Bonchev–Trinajstić information content (AvgIpc) is 3.61. The van der Waals surface area contributed by atoms with Gasteiger partial charge in [-0.3, -0.25) is 9.79 Å². The van der Waals surface area contributed by atoms with Gasteiger partial charge in [0.2, 0.25) is 0 Å². The van der Waals surface area contributed by atoms with Crippen molar-refractivity contribution < 1.29 is 18.7 Å². The van der Waals surface area contributed by atoms with E-state index in [4.69, 9.17) is 9.47 Å². The summed E-state index contributed by atoms with van der Waals surface area (Å²) in [6.45, 7) is 3.08. The number of rotatable bonds is 11. The van der Waals surface area contributed by atoms with Gasteiger partial charge in [-0.15, -0.1) is 0 Å². The van der Waals surface area contributed by atoms with Crippen molar-refractivity contribution in [1.29, 1.82) is 0 Å². The molecule has 0 bridgehead atoms. The second kappa shape index (κ2) is 11.9. The third-order valence-corrected chi connectivity index (χ3v) is 4.95. The van der Waals surface area contributed by atoms with Gasteiger partial charge >= 0.3 is 0 Å². The highest BCUT2D eigenvalue weighted by molar-refractivity contribution is 5.79. The molecule has 0 aromatic heterocycles. The molecule has 1 unspecified atom stereocenters. The molecule has 2 aromatic carbocycles. The van der Waals surface area contributed by atoms with Crippen molar-refractivity contribution in [1.82, 2.24) is 16.0 Å². The van der Waals surface area contributed by atoms with Crippen molar-refractivity contribution in [3.63, 3.8) is 0 Å². The number of halogens is 1. The maximum atomic E-state index is 13.4. The summed E-state index contributed by atoms with van der Waals surface area (Å²) in [6, 6.07) is 14.0. The number of guanidine groups is 1. The molecule has 3 rings (SSSR count). The Morgan fingerprint density at radius 2 is 1.94 bits per heavy atom. The van der Waals surface area contributed by atoms with Crippen LogP contribution in [0.1, 0.15) is 31.7 Å². The van der Waals surface area contributed by atoms with Gasteiger partial charge in [-0.2, -0.15) is 0 Å². The number of hydrogen-bond acceptors (Lipinski definition) is 4. The number of ether oxygens (including phenoxy) is 2. The van der Waals surface area contributed by atoms with Gasteiger partial charge in [-0.1, -0.05) is 25.1 Å². The molecule has 32 heavy (non-hydrogen) atoms. The number of hydrogen-bond donors (Lipinski definition) is 3. The lowest BCUT2D eigenvalue weighted by molar-refractivity contribution is -0.123. The fourth-order valence-corrected chi connectivity index (χ4v) is 3.01. The number of nitrogens with zero attached hydrogens (tertiary/aromatic N) is 1. The van der Waals surface area contributed by atoms with E-state index in [1.807, 2.05) is 31.2 Å². The van der Waals surface area contributed by atoms with E-state index < -0.39 is 0 Å². The van der Waals surface area contributed by atoms with Crippen molar-refractivity contribution in [2.24, 2.45) is 4.99 Å². The van der Waals surface area contributed by atoms with Gasteiger partial charge in [0.15, 0.2) is 12.6 Å². The Labute approximate surface area is 188 Å². The first-order valence-corrected chi connectivity index (χ1v) is 10.9. The maximum absolute atomic E-state index is 13.4. The molecule has 1 saturated carbocycles. The highest BCUT2D eigenvalue weighted by Crippen LogP contribution is 2.19. The van der Waals surface area contributed by atoms with Crippen LogP contribution in [0.4, 0.5) is 4.39 Å². The number of amides is 1. The minimum Gasteiger partial charge on any atom is -0.489 e. The van der Waals surface area contributed by atoms with Gasteiger partial charge in [0.1, 0.15) is 23.4 Å². The summed E-state index contributed by atoms with van der Waals surface area (Å²) < 4.78 is 24.8. The van der Waals surface area contributed by atoms with E-state index in [0.29, 0.717) is 36.6 Å². The Hall–Kier alpha value is -3.29. The van der Waals surface area contributed by atoms with Crippen LogP contribution in [-0.4, -0.2) is 44.2 Å². The highest BCUT2D eigenvalue weighted by atomic mass is 19.1. The zero-order valence-electron chi connectivity index (χ0n) is 18.6. The molecule has 8 heteroatoms. The predicted octanol–water partition coefficient (Wildman–Crippen LogP) is 3.01. The van der Waals surface area contributed by atoms with E-state index in [0.717, 1.165) is 24.8 Å². The SMILES string of the molecule is CCC(CNC(=NC)NCc1cccc(OCC(=O)NC2CC2)c1)Oc1cccc(F)c1. The summed E-state index contributed by atoms with van der Waals surface area (Å²) in [4.78, 5) is 16.0. The Kier molecular flexibility index (Phi) is 8.71. The molecule has 2 aromatic rings. The van der Waals surface area contributed by atoms with Gasteiger partial charge < -0.3 is 25.4 Å². The van der Waals surface area contributed by atoms with Crippen molar-refractivity contribution >= 4 is 11.9 Å². The first-order valence-electron chi connectivity index (χ1n) is 10.9. The van der Waals surface area contributed by atoms with E-state index in [2.05, 4.69) is 20.9 Å². The monoisotopic (exact) mass is 442 g/mol. The summed E-state index contributed by atoms with van der Waals surface area (Å²) in [5, 5.41) is 9.40. The summed E-state index contributed by atoms with van der Waals surface area (Å²) in [7, 11) is 1.70. The largest absolute Gasteiger partial charge is 0.489 e. The molecule has 3 N–H and O–H groups in total. The summed E-state index contributed by atoms with van der Waals surface area (Å²) in [5.74, 6) is 1.36. The maximum Gasteiger partial charge on any atom is 0.258 e. The van der Waals surface area contributed by atoms with Gasteiger partial charge in [0.25, 0.3) is 5.91 Å². The van der Waals surface area contributed by atoms with Crippen molar-refractivity contribution in [3.8, 4) is 11.5 Å². The first-order chi connectivity index (χ1) is 15.6. The molecule has 0 spiro atoms. The molecule has 1 fully saturated rings. The second-order valence-corrected chi connectivity index (χ2v) is 7.69. The first kappa shape index (κ1) is 23.4. The Bertz CT molecular complexity index is 918. The van der Waals surface area contributed by atoms with Crippen LogP contribution < -0.4 is 25.4 Å². The quantitative estimate of drug-likeness (QED) is 0.368. The Morgan fingerprint density at radius 1 is 1.16 bits per heavy atom. The van der Waals surface area contributed by atoms with Gasteiger partial charge in [0.05, 0.1) is 6.54 Å². The molecule has 0 heterocycles. The van der Waals surface area contributed by atoms with Crippen LogP contribution in [0.15, 0.2) is 53.5 Å². The lowest BCUT2D eigenvalue weighted by atomic mass is 10.2. The Balaban J connectivity index is 1.43. The second-order valence-electron chi connectivity index (χ2n) is 7.69. The molecule has 1 amide bonds. The van der Waals surface area contributed by atoms with E-state index in [-0.39, 0.29) is 24.4 Å². The number of nitrogens with one attached hydrogen (secondary N) is 3. The predicted molar refractivity (Wildman–Crippen MR) is 122 cm³/mol. The van der Waals surface area contributed by atoms with Crippen LogP contribution in [0.25, 0.3) is 0 Å². The van der Waals surface area contributed by atoms with Gasteiger partial charge in [0, 0.05) is 25.7 Å². The minimum absolute atomic E-state index is 0.0142. The highest BCUT2D eigenvalue weighted by Gasteiger charge is 2.23. The van der Waals surface area contributed by atoms with Crippen LogP contribution >= 0.6 is 0 Å². The van der Waals surface area contributed by atoms with Crippen molar-refractivity contribution in [2.75, 3.05) is 20.2 Å². The number of carbonyl (C=O) groups is 1. The zero-order chi connectivity index (χ0) is 22.8. The molecular formula is C24H31FN4O3. The molecule has 7 nitrogen and oxygen atoms in total. The van der Waals surface area contributed by atoms with E-state index in [1.165, 1.54) is 12.1 Å². The topological polar surface area (TPSA) is 84.0 Å². The van der Waals surface area contributed by atoms with E-state index in [1.54, 1.807) is 19.2 Å². The lowest BCUT2D eigenvalue weighted by Crippen LogP contribution is -2.42. The molecule has 1 aliphatic rings. The zero-order valence-corrected chi connectivity index (χ0v) is 18.6. The number of benzene rings is 2. The minimum atomic E-state index is -0.322. The van der Waals surface area contributed by atoms with Crippen LogP contribution in [0.5, 0.6) is 11.5 Å². The van der Waals surface area contributed by atoms with Crippen LogP contribution in [0.3, 0.4) is 0 Å². The van der Waals surface area contributed by atoms with Crippen molar-refractivity contribution in [3.05, 3.63) is 59.9 Å².